The first-order valence-corrected chi connectivity index (χ1v) is 14.7. The zero-order valence-electron chi connectivity index (χ0n) is 23.4. The minimum absolute atomic E-state index is 0.133. The van der Waals surface area contributed by atoms with Gasteiger partial charge in [0.25, 0.3) is 11.8 Å². The minimum atomic E-state index is -0.638. The van der Waals surface area contributed by atoms with Crippen molar-refractivity contribution in [3.8, 4) is 0 Å². The highest BCUT2D eigenvalue weighted by molar-refractivity contribution is 8.00. The SMILES string of the molecule is O=C(Nc1cccc(SC(C(=O)Nc2ccccc2)c2ccccc2)c1)/C(=C/c1ccccc1F)NC(=O)c1ccccc1. The van der Waals surface area contributed by atoms with Crippen LogP contribution in [-0.4, -0.2) is 17.7 Å². The number of carbonyl (C=O) groups is 3. The summed E-state index contributed by atoms with van der Waals surface area (Å²) in [6.45, 7) is 0. The average Bonchev–Trinajstić information content (AvgIpc) is 3.05. The molecule has 3 amide bonds. The smallest absolute Gasteiger partial charge is 0.272 e. The summed E-state index contributed by atoms with van der Waals surface area (Å²) in [4.78, 5) is 40.5. The van der Waals surface area contributed by atoms with E-state index >= 15 is 0 Å². The molecule has 5 aromatic rings. The van der Waals surface area contributed by atoms with Gasteiger partial charge in [0.15, 0.2) is 0 Å². The second-order valence-corrected chi connectivity index (χ2v) is 10.8. The first-order valence-electron chi connectivity index (χ1n) is 13.8. The molecule has 1 atom stereocenters. The summed E-state index contributed by atoms with van der Waals surface area (Å²) in [6, 6.07) is 40.1. The Morgan fingerprint density at radius 3 is 1.98 bits per heavy atom. The third-order valence-corrected chi connectivity index (χ3v) is 7.71. The third kappa shape index (κ3) is 8.08. The van der Waals surface area contributed by atoms with Crippen molar-refractivity contribution in [2.24, 2.45) is 0 Å². The van der Waals surface area contributed by atoms with E-state index in [9.17, 15) is 18.8 Å². The van der Waals surface area contributed by atoms with Crippen LogP contribution in [-0.2, 0) is 9.59 Å². The minimum Gasteiger partial charge on any atom is -0.325 e. The van der Waals surface area contributed by atoms with Crippen LogP contribution in [0.1, 0.15) is 26.7 Å². The molecule has 0 bridgehead atoms. The number of hydrogen-bond donors (Lipinski definition) is 3. The Kier molecular flexibility index (Phi) is 9.97. The Morgan fingerprint density at radius 2 is 1.27 bits per heavy atom. The molecule has 6 nitrogen and oxygen atoms in total. The van der Waals surface area contributed by atoms with Gasteiger partial charge in [0.2, 0.25) is 5.91 Å². The van der Waals surface area contributed by atoms with Crippen LogP contribution in [0.2, 0.25) is 0 Å². The van der Waals surface area contributed by atoms with Crippen LogP contribution in [0.3, 0.4) is 0 Å². The lowest BCUT2D eigenvalue weighted by atomic mass is 10.1. The number of rotatable bonds is 10. The molecule has 44 heavy (non-hydrogen) atoms. The zero-order valence-corrected chi connectivity index (χ0v) is 24.3. The highest BCUT2D eigenvalue weighted by Gasteiger charge is 2.23. The Bertz CT molecular complexity index is 1780. The molecule has 0 spiro atoms. The fraction of sp³-hybridized carbons (Fsp3) is 0.0278. The monoisotopic (exact) mass is 601 g/mol. The lowest BCUT2D eigenvalue weighted by Crippen LogP contribution is -2.30. The molecular weight excluding hydrogens is 573 g/mol. The molecule has 0 aliphatic rings. The molecule has 0 aliphatic carbocycles. The normalized spacial score (nSPS) is 11.7. The van der Waals surface area contributed by atoms with E-state index in [4.69, 9.17) is 0 Å². The predicted octanol–water partition coefficient (Wildman–Crippen LogP) is 7.71. The lowest BCUT2D eigenvalue weighted by Gasteiger charge is -2.18. The third-order valence-electron chi connectivity index (χ3n) is 6.46. The van der Waals surface area contributed by atoms with Crippen LogP contribution in [0.15, 0.2) is 150 Å². The van der Waals surface area contributed by atoms with Crippen molar-refractivity contribution in [3.05, 3.63) is 168 Å². The number of para-hydroxylation sites is 1. The van der Waals surface area contributed by atoms with E-state index in [1.807, 2.05) is 66.7 Å². The Morgan fingerprint density at radius 1 is 0.659 bits per heavy atom. The summed E-state index contributed by atoms with van der Waals surface area (Å²) in [5, 5.41) is 7.82. The lowest BCUT2D eigenvalue weighted by molar-refractivity contribution is -0.116. The van der Waals surface area contributed by atoms with Gasteiger partial charge in [-0.3, -0.25) is 14.4 Å². The maximum absolute atomic E-state index is 14.5. The maximum Gasteiger partial charge on any atom is 0.272 e. The van der Waals surface area contributed by atoms with Crippen molar-refractivity contribution in [3.63, 3.8) is 0 Å². The average molecular weight is 602 g/mol. The first kappa shape index (κ1) is 30.0. The molecule has 0 fully saturated rings. The molecular formula is C36H28FN3O3S. The van der Waals surface area contributed by atoms with Crippen molar-refractivity contribution < 1.29 is 18.8 Å². The number of carbonyl (C=O) groups excluding carboxylic acids is 3. The number of nitrogens with one attached hydrogen (secondary N) is 3. The molecule has 8 heteroatoms. The molecule has 0 aliphatic heterocycles. The van der Waals surface area contributed by atoms with Gasteiger partial charge in [0.05, 0.1) is 0 Å². The van der Waals surface area contributed by atoms with Gasteiger partial charge in [0, 0.05) is 27.4 Å². The van der Waals surface area contributed by atoms with Gasteiger partial charge >= 0.3 is 0 Å². The van der Waals surface area contributed by atoms with Gasteiger partial charge < -0.3 is 16.0 Å². The summed E-state index contributed by atoms with van der Waals surface area (Å²) in [6.07, 6.45) is 1.30. The molecule has 5 rings (SSSR count). The van der Waals surface area contributed by atoms with Crippen LogP contribution in [0.5, 0.6) is 0 Å². The summed E-state index contributed by atoms with van der Waals surface area (Å²) in [5.74, 6) is -1.88. The predicted molar refractivity (Wildman–Crippen MR) is 173 cm³/mol. The van der Waals surface area contributed by atoms with Crippen molar-refractivity contribution in [2.75, 3.05) is 10.6 Å². The number of hydrogen-bond acceptors (Lipinski definition) is 4. The van der Waals surface area contributed by atoms with Crippen LogP contribution >= 0.6 is 11.8 Å². The summed E-state index contributed by atoms with van der Waals surface area (Å²) in [7, 11) is 0. The molecule has 0 saturated carbocycles. The summed E-state index contributed by atoms with van der Waals surface area (Å²) >= 11 is 1.33. The first-order chi connectivity index (χ1) is 21.5. The van der Waals surface area contributed by atoms with E-state index < -0.39 is 22.9 Å². The molecule has 1 unspecified atom stereocenters. The number of halogens is 1. The Hall–Kier alpha value is -5.47. The largest absolute Gasteiger partial charge is 0.325 e. The van der Waals surface area contributed by atoms with Crippen molar-refractivity contribution in [1.29, 1.82) is 0 Å². The molecule has 0 aromatic heterocycles. The topological polar surface area (TPSA) is 87.3 Å². The number of thioether (sulfide) groups is 1. The fourth-order valence-corrected chi connectivity index (χ4v) is 5.39. The second kappa shape index (κ2) is 14.6. The van der Waals surface area contributed by atoms with Crippen molar-refractivity contribution >= 4 is 46.9 Å². The Balaban J connectivity index is 1.38. The summed E-state index contributed by atoms with van der Waals surface area (Å²) in [5.41, 5.74) is 2.30. The van der Waals surface area contributed by atoms with Gasteiger partial charge in [-0.05, 0) is 60.2 Å². The van der Waals surface area contributed by atoms with E-state index in [2.05, 4.69) is 16.0 Å². The van der Waals surface area contributed by atoms with Gasteiger partial charge in [-0.2, -0.15) is 0 Å². The highest BCUT2D eigenvalue weighted by Crippen LogP contribution is 2.37. The molecule has 0 heterocycles. The van der Waals surface area contributed by atoms with Crippen LogP contribution < -0.4 is 16.0 Å². The number of anilines is 2. The second-order valence-electron chi connectivity index (χ2n) is 9.65. The molecule has 5 aromatic carbocycles. The van der Waals surface area contributed by atoms with Gasteiger partial charge in [-0.25, -0.2) is 4.39 Å². The zero-order chi connectivity index (χ0) is 30.7. The quantitative estimate of drug-likeness (QED) is 0.113. The molecule has 218 valence electrons. The molecule has 0 radical (unpaired) electrons. The van der Waals surface area contributed by atoms with Gasteiger partial charge in [0.1, 0.15) is 16.8 Å². The standard InChI is InChI=1S/C36H28FN3O3S/c37-31-22-11-10-17-27(31)23-32(40-34(41)26-15-6-2-7-16-26)35(42)39-29-20-12-21-30(24-29)44-33(25-13-4-1-5-14-25)36(43)38-28-18-8-3-9-19-28/h1-24,33H,(H,38,43)(H,39,42)(H,40,41)/b32-23-. The van der Waals surface area contributed by atoms with E-state index in [1.54, 1.807) is 60.7 Å². The summed E-state index contributed by atoms with van der Waals surface area (Å²) < 4.78 is 14.5. The van der Waals surface area contributed by atoms with Crippen molar-refractivity contribution in [1.82, 2.24) is 5.32 Å². The number of benzene rings is 5. The van der Waals surface area contributed by atoms with E-state index in [-0.39, 0.29) is 17.2 Å². The molecule has 3 N–H and O–H groups in total. The van der Waals surface area contributed by atoms with E-state index in [0.29, 0.717) is 16.9 Å². The van der Waals surface area contributed by atoms with Crippen LogP contribution in [0.25, 0.3) is 6.08 Å². The fourth-order valence-electron chi connectivity index (χ4n) is 4.30. The van der Waals surface area contributed by atoms with Crippen LogP contribution in [0, 0.1) is 5.82 Å². The van der Waals surface area contributed by atoms with Gasteiger partial charge in [-0.15, -0.1) is 11.8 Å². The maximum atomic E-state index is 14.5. The molecule has 0 saturated heterocycles. The van der Waals surface area contributed by atoms with Crippen molar-refractivity contribution in [2.45, 2.75) is 10.1 Å². The van der Waals surface area contributed by atoms with E-state index in [0.717, 1.165) is 10.5 Å². The number of amides is 3. The van der Waals surface area contributed by atoms with E-state index in [1.165, 1.54) is 30.0 Å². The van der Waals surface area contributed by atoms with Crippen LogP contribution in [0.4, 0.5) is 15.8 Å². The Labute approximate surface area is 259 Å². The van der Waals surface area contributed by atoms with Gasteiger partial charge in [-0.1, -0.05) is 91.0 Å². The highest BCUT2D eigenvalue weighted by atomic mass is 32.2.